The first-order valence-electron chi connectivity index (χ1n) is 7.43. The van der Waals surface area contributed by atoms with Crippen LogP contribution in [0.5, 0.6) is 0 Å². The molecule has 0 heterocycles. The second-order valence-electron chi connectivity index (χ2n) is 5.52. The molecule has 0 aliphatic carbocycles. The van der Waals surface area contributed by atoms with Crippen molar-refractivity contribution in [3.63, 3.8) is 0 Å². The van der Waals surface area contributed by atoms with Crippen molar-refractivity contribution in [1.82, 2.24) is 4.90 Å². The number of nitrogens with zero attached hydrogens (tertiary/aromatic N) is 1. The van der Waals surface area contributed by atoms with Crippen molar-refractivity contribution in [2.24, 2.45) is 0 Å². The van der Waals surface area contributed by atoms with E-state index in [1.165, 1.54) is 23.1 Å². The third kappa shape index (κ3) is 6.25. The first kappa shape index (κ1) is 20.6. The molecule has 138 valence electrons. The number of likely N-dealkylation sites (N-methyl/N-ethyl adjacent to an activating group) is 1. The molecule has 0 aliphatic heterocycles. The Morgan fingerprint density at radius 1 is 1.04 bits per heavy atom. The summed E-state index contributed by atoms with van der Waals surface area (Å²) in [4.78, 5) is 25.5. The van der Waals surface area contributed by atoms with Crippen LogP contribution >= 0.6 is 39.1 Å². The monoisotopic (exact) mass is 461 g/mol. The highest BCUT2D eigenvalue weighted by Crippen LogP contribution is 2.25. The van der Waals surface area contributed by atoms with Crippen LogP contribution in [0.1, 0.15) is 0 Å². The normalized spacial score (nSPS) is 10.7. The lowest BCUT2D eigenvalue weighted by molar-refractivity contribution is -0.119. The molecule has 0 unspecified atom stereocenters. The average Bonchev–Trinajstić information content (AvgIpc) is 2.53. The second-order valence-corrected chi connectivity index (χ2v) is 7.25. The summed E-state index contributed by atoms with van der Waals surface area (Å²) in [6.07, 6.45) is 0. The molecule has 0 radical (unpaired) electrons. The molecule has 2 amide bonds. The van der Waals surface area contributed by atoms with Gasteiger partial charge >= 0.3 is 0 Å². The number of rotatable bonds is 6. The van der Waals surface area contributed by atoms with Gasteiger partial charge in [-0.1, -0.05) is 39.1 Å². The topological polar surface area (TPSA) is 61.4 Å². The van der Waals surface area contributed by atoms with E-state index in [2.05, 4.69) is 26.6 Å². The zero-order valence-electron chi connectivity index (χ0n) is 13.7. The molecule has 0 spiro atoms. The van der Waals surface area contributed by atoms with Crippen LogP contribution in [-0.2, 0) is 9.59 Å². The van der Waals surface area contributed by atoms with Crippen molar-refractivity contribution in [3.05, 3.63) is 56.7 Å². The molecule has 0 saturated heterocycles. The van der Waals surface area contributed by atoms with Gasteiger partial charge in [0.2, 0.25) is 11.8 Å². The number of nitrogens with one attached hydrogen (secondary N) is 2. The van der Waals surface area contributed by atoms with Crippen molar-refractivity contribution in [2.45, 2.75) is 0 Å². The highest BCUT2D eigenvalue weighted by molar-refractivity contribution is 9.10. The van der Waals surface area contributed by atoms with Crippen LogP contribution in [-0.4, -0.2) is 36.9 Å². The lowest BCUT2D eigenvalue weighted by Gasteiger charge is -2.16. The number of carbonyl (C=O) groups is 2. The van der Waals surface area contributed by atoms with Gasteiger partial charge in [0.05, 0.1) is 28.8 Å². The molecule has 2 aromatic carbocycles. The summed E-state index contributed by atoms with van der Waals surface area (Å²) in [7, 11) is 1.60. The Kier molecular flexibility index (Phi) is 7.40. The number of hydrogen-bond acceptors (Lipinski definition) is 3. The smallest absolute Gasteiger partial charge is 0.238 e. The van der Waals surface area contributed by atoms with E-state index >= 15 is 0 Å². The van der Waals surface area contributed by atoms with Crippen molar-refractivity contribution in [2.75, 3.05) is 30.8 Å². The van der Waals surface area contributed by atoms with E-state index in [9.17, 15) is 14.0 Å². The number of hydrogen-bond donors (Lipinski definition) is 2. The Labute approximate surface area is 168 Å². The lowest BCUT2D eigenvalue weighted by Crippen LogP contribution is -2.36. The molecular weight excluding hydrogens is 448 g/mol. The van der Waals surface area contributed by atoms with Crippen molar-refractivity contribution in [1.29, 1.82) is 0 Å². The fourth-order valence-electron chi connectivity index (χ4n) is 2.10. The zero-order valence-corrected chi connectivity index (χ0v) is 16.8. The summed E-state index contributed by atoms with van der Waals surface area (Å²) in [5, 5.41) is 5.84. The molecular formula is C17H15BrCl2FN3O2. The van der Waals surface area contributed by atoms with Gasteiger partial charge in [0.25, 0.3) is 0 Å². The minimum absolute atomic E-state index is 0.0313. The molecule has 26 heavy (non-hydrogen) atoms. The van der Waals surface area contributed by atoms with Gasteiger partial charge in [0.15, 0.2) is 0 Å². The average molecular weight is 463 g/mol. The van der Waals surface area contributed by atoms with Gasteiger partial charge in [-0.3, -0.25) is 14.5 Å². The number of halogens is 4. The van der Waals surface area contributed by atoms with E-state index in [0.29, 0.717) is 20.2 Å². The quantitative estimate of drug-likeness (QED) is 0.668. The highest BCUT2D eigenvalue weighted by Gasteiger charge is 2.13. The van der Waals surface area contributed by atoms with Gasteiger partial charge in [-0.05, 0) is 43.4 Å². The van der Waals surface area contributed by atoms with Crippen LogP contribution in [0.25, 0.3) is 0 Å². The van der Waals surface area contributed by atoms with Crippen LogP contribution in [0, 0.1) is 5.82 Å². The summed E-state index contributed by atoms with van der Waals surface area (Å²) in [5.74, 6) is -1.31. The standard InChI is InChI=1S/C17H15BrCl2FN3O2/c1-24(8-16(25)22-11-3-4-12(19)13(20)7-11)9-17(26)23-15-5-2-10(18)6-14(15)21/h2-7H,8-9H2,1H3,(H,22,25)(H,23,26). The van der Waals surface area contributed by atoms with Crippen LogP contribution in [0.3, 0.4) is 0 Å². The second kappa shape index (κ2) is 9.32. The Morgan fingerprint density at radius 2 is 1.69 bits per heavy atom. The fourth-order valence-corrected chi connectivity index (χ4v) is 2.73. The van der Waals surface area contributed by atoms with Gasteiger partial charge in [0, 0.05) is 10.2 Å². The lowest BCUT2D eigenvalue weighted by atomic mass is 10.3. The molecule has 0 aliphatic rings. The summed E-state index contributed by atoms with van der Waals surface area (Å²) >= 11 is 14.9. The third-order valence-electron chi connectivity index (χ3n) is 3.24. The minimum atomic E-state index is -0.548. The van der Waals surface area contributed by atoms with Gasteiger partial charge < -0.3 is 10.6 Å². The Balaban J connectivity index is 1.84. The predicted octanol–water partition coefficient (Wildman–Crippen LogP) is 4.40. The van der Waals surface area contributed by atoms with Gasteiger partial charge in [-0.15, -0.1) is 0 Å². The molecule has 0 aromatic heterocycles. The summed E-state index contributed by atoms with van der Waals surface area (Å²) in [6, 6.07) is 9.05. The number of carbonyl (C=O) groups excluding carboxylic acids is 2. The minimum Gasteiger partial charge on any atom is -0.325 e. The Hall–Kier alpha value is -1.67. The zero-order chi connectivity index (χ0) is 19.3. The first-order valence-corrected chi connectivity index (χ1v) is 8.98. The highest BCUT2D eigenvalue weighted by atomic mass is 79.9. The molecule has 2 N–H and O–H groups in total. The molecule has 0 bridgehead atoms. The predicted molar refractivity (Wildman–Crippen MR) is 105 cm³/mol. The molecule has 0 fully saturated rings. The van der Waals surface area contributed by atoms with Crippen LogP contribution in [0.15, 0.2) is 40.9 Å². The van der Waals surface area contributed by atoms with Crippen molar-refractivity contribution >= 4 is 62.3 Å². The fraction of sp³-hybridized carbons (Fsp3) is 0.176. The van der Waals surface area contributed by atoms with Crippen molar-refractivity contribution in [3.8, 4) is 0 Å². The molecule has 9 heteroatoms. The maximum atomic E-state index is 13.7. The number of benzene rings is 2. The molecule has 5 nitrogen and oxygen atoms in total. The van der Waals surface area contributed by atoms with E-state index in [-0.39, 0.29) is 24.7 Å². The van der Waals surface area contributed by atoms with Crippen LogP contribution < -0.4 is 10.6 Å². The van der Waals surface area contributed by atoms with Crippen LogP contribution in [0.4, 0.5) is 15.8 Å². The van der Waals surface area contributed by atoms with Gasteiger partial charge in [0.1, 0.15) is 5.82 Å². The van der Waals surface area contributed by atoms with E-state index < -0.39 is 11.7 Å². The van der Waals surface area contributed by atoms with E-state index in [4.69, 9.17) is 23.2 Å². The number of amides is 2. The molecule has 2 rings (SSSR count). The molecule has 0 atom stereocenters. The van der Waals surface area contributed by atoms with E-state index in [1.54, 1.807) is 25.2 Å². The SMILES string of the molecule is CN(CC(=O)Nc1ccc(Cl)c(Cl)c1)CC(=O)Nc1ccc(Br)cc1F. The maximum absolute atomic E-state index is 13.7. The molecule has 0 saturated carbocycles. The summed E-state index contributed by atoms with van der Waals surface area (Å²) in [6.45, 7) is -0.110. The van der Waals surface area contributed by atoms with Gasteiger partial charge in [-0.25, -0.2) is 4.39 Å². The maximum Gasteiger partial charge on any atom is 0.238 e. The summed E-state index contributed by atoms with van der Waals surface area (Å²) in [5.41, 5.74) is 0.575. The summed E-state index contributed by atoms with van der Waals surface area (Å²) < 4.78 is 14.3. The van der Waals surface area contributed by atoms with E-state index in [1.807, 2.05) is 0 Å². The first-order chi connectivity index (χ1) is 12.2. The van der Waals surface area contributed by atoms with Crippen molar-refractivity contribution < 1.29 is 14.0 Å². The Bertz CT molecular complexity index is 836. The third-order valence-corrected chi connectivity index (χ3v) is 4.47. The number of anilines is 2. The van der Waals surface area contributed by atoms with Crippen LogP contribution in [0.2, 0.25) is 10.0 Å². The Morgan fingerprint density at radius 3 is 2.31 bits per heavy atom. The molecule has 2 aromatic rings. The largest absolute Gasteiger partial charge is 0.325 e. The van der Waals surface area contributed by atoms with Gasteiger partial charge in [-0.2, -0.15) is 0 Å². The van der Waals surface area contributed by atoms with E-state index in [0.717, 1.165) is 0 Å².